The molecule has 0 spiro atoms. The van der Waals surface area contributed by atoms with E-state index in [1.54, 1.807) is 10.9 Å². The van der Waals surface area contributed by atoms with Crippen molar-refractivity contribution in [3.05, 3.63) is 73.3 Å². The van der Waals surface area contributed by atoms with Gasteiger partial charge in [0.15, 0.2) is 35.4 Å². The number of rotatable bonds is 8. The van der Waals surface area contributed by atoms with Gasteiger partial charge >= 0.3 is 17.9 Å². The fourth-order valence-electron chi connectivity index (χ4n) is 5.38. The molecule has 0 radical (unpaired) electrons. The second-order valence-corrected chi connectivity index (χ2v) is 10.3. The number of carbonyl (C=O) groups excluding carboxylic acids is 3. The van der Waals surface area contributed by atoms with E-state index < -0.39 is 42.4 Å². The number of hydrogen-bond donors (Lipinski definition) is 1. The Morgan fingerprint density at radius 3 is 2.11 bits per heavy atom. The van der Waals surface area contributed by atoms with Crippen molar-refractivity contribution < 1.29 is 33.3 Å². The number of aromatic nitrogens is 6. The van der Waals surface area contributed by atoms with Crippen LogP contribution in [0.3, 0.4) is 0 Å². The molecule has 2 aromatic carbocycles. The number of nitrogen functional groups attached to an aromatic ring is 1. The van der Waals surface area contributed by atoms with Crippen LogP contribution in [-0.2, 0) is 33.3 Å². The van der Waals surface area contributed by atoms with Crippen molar-refractivity contribution in [3.8, 4) is 28.3 Å². The highest BCUT2D eigenvalue weighted by Gasteiger charge is 2.51. The minimum absolute atomic E-state index is 0.0664. The lowest BCUT2D eigenvalue weighted by molar-refractivity contribution is -0.166. The average Bonchev–Trinajstić information content (AvgIpc) is 3.72. The number of nitrogens with zero attached hydrogens (tertiary/aromatic N) is 6. The molecule has 0 amide bonds. The molecule has 1 saturated heterocycles. The first-order chi connectivity index (χ1) is 21.7. The molecule has 0 unspecified atom stereocenters. The molecule has 1 aliphatic rings. The molecular weight excluding hydrogens is 582 g/mol. The summed E-state index contributed by atoms with van der Waals surface area (Å²) in [6.45, 7) is 3.42. The van der Waals surface area contributed by atoms with Gasteiger partial charge in [-0.05, 0) is 0 Å². The van der Waals surface area contributed by atoms with Gasteiger partial charge in [-0.25, -0.2) is 9.97 Å². The summed E-state index contributed by atoms with van der Waals surface area (Å²) >= 11 is 0. The van der Waals surface area contributed by atoms with Crippen molar-refractivity contribution in [1.29, 1.82) is 0 Å². The molecule has 1 aliphatic heterocycles. The van der Waals surface area contributed by atoms with Crippen LogP contribution >= 0.6 is 0 Å². The molecule has 2 N–H and O–H groups in total. The van der Waals surface area contributed by atoms with E-state index in [0.717, 1.165) is 22.5 Å². The summed E-state index contributed by atoms with van der Waals surface area (Å²) in [6.07, 6.45) is -1.19. The van der Waals surface area contributed by atoms with E-state index in [1.807, 2.05) is 60.7 Å². The summed E-state index contributed by atoms with van der Waals surface area (Å²) in [5.74, 6) is -1.56. The van der Waals surface area contributed by atoms with E-state index in [-0.39, 0.29) is 18.2 Å². The highest BCUT2D eigenvalue weighted by atomic mass is 16.7. The summed E-state index contributed by atoms with van der Waals surface area (Å²) < 4.78 is 25.8. The molecular formula is C31H29N7O7. The number of nitrogens with two attached hydrogens (primary N) is 1. The van der Waals surface area contributed by atoms with Crippen molar-refractivity contribution >= 4 is 35.0 Å². The van der Waals surface area contributed by atoms with Crippen molar-refractivity contribution in [2.45, 2.75) is 45.3 Å². The zero-order valence-electron chi connectivity index (χ0n) is 24.6. The van der Waals surface area contributed by atoms with Gasteiger partial charge in [-0.2, -0.15) is 9.97 Å². The van der Waals surface area contributed by atoms with E-state index in [0.29, 0.717) is 11.3 Å². The molecule has 14 heteroatoms. The Morgan fingerprint density at radius 2 is 1.47 bits per heavy atom. The van der Waals surface area contributed by atoms with Crippen LogP contribution in [-0.4, -0.2) is 71.9 Å². The average molecular weight is 612 g/mol. The Kier molecular flexibility index (Phi) is 7.96. The first-order valence-electron chi connectivity index (χ1n) is 14.0. The molecule has 0 saturated carbocycles. The highest BCUT2D eigenvalue weighted by Crippen LogP contribution is 2.38. The quantitative estimate of drug-likeness (QED) is 0.201. The third-order valence-corrected chi connectivity index (χ3v) is 7.13. The maximum atomic E-state index is 12.2. The Morgan fingerprint density at radius 1 is 0.822 bits per heavy atom. The van der Waals surface area contributed by atoms with Crippen LogP contribution in [0.1, 0.15) is 27.0 Å². The number of ether oxygens (including phenoxy) is 4. The lowest BCUT2D eigenvalue weighted by atomic mass is 10.0. The topological polar surface area (TPSA) is 176 Å². The molecule has 230 valence electrons. The van der Waals surface area contributed by atoms with Gasteiger partial charge in [-0.3, -0.25) is 23.5 Å². The zero-order chi connectivity index (χ0) is 31.7. The monoisotopic (exact) mass is 611 g/mol. The predicted molar refractivity (Wildman–Crippen MR) is 159 cm³/mol. The smallest absolute Gasteiger partial charge is 0.303 e. The second kappa shape index (κ2) is 12.2. The van der Waals surface area contributed by atoms with Gasteiger partial charge < -0.3 is 24.7 Å². The largest absolute Gasteiger partial charge is 0.463 e. The van der Waals surface area contributed by atoms with Crippen molar-refractivity contribution in [2.24, 2.45) is 0 Å². The Hall–Kier alpha value is -5.63. The molecule has 1 fully saturated rings. The van der Waals surface area contributed by atoms with Crippen LogP contribution in [0, 0.1) is 0 Å². The third-order valence-electron chi connectivity index (χ3n) is 7.13. The van der Waals surface area contributed by atoms with Crippen LogP contribution in [0.4, 0.5) is 5.95 Å². The van der Waals surface area contributed by atoms with Gasteiger partial charge in [0.2, 0.25) is 5.95 Å². The summed E-state index contributed by atoms with van der Waals surface area (Å²) in [4.78, 5) is 54.2. The van der Waals surface area contributed by atoms with Gasteiger partial charge in [-0.1, -0.05) is 60.7 Å². The van der Waals surface area contributed by atoms with Gasteiger partial charge in [0, 0.05) is 31.9 Å². The standard InChI is InChI=1S/C31H29N7O7/c1-17(39)42-14-22-26(43-18(2)40)27(44-19(3)41)30(45-22)38-16-34-24-28(35-31(32)36-29(24)38)37-15-33-23(20-10-6-4-7-11-20)25(37)21-12-8-5-9-13-21/h4-13,15-16,22,26-27,30H,14H2,1-3H3,(H2,32,35,36)/t22-,26-,27-,30-/m1/s1. The van der Waals surface area contributed by atoms with Gasteiger partial charge in [-0.15, -0.1) is 0 Å². The molecule has 0 bridgehead atoms. The van der Waals surface area contributed by atoms with E-state index >= 15 is 0 Å². The lowest BCUT2D eigenvalue weighted by Crippen LogP contribution is -2.40. The fourth-order valence-corrected chi connectivity index (χ4v) is 5.38. The Bertz CT molecular complexity index is 1870. The number of hydrogen-bond acceptors (Lipinski definition) is 12. The van der Waals surface area contributed by atoms with Gasteiger partial charge in [0.05, 0.1) is 17.7 Å². The predicted octanol–water partition coefficient (Wildman–Crippen LogP) is 3.25. The van der Waals surface area contributed by atoms with Crippen molar-refractivity contribution in [2.75, 3.05) is 12.3 Å². The lowest BCUT2D eigenvalue weighted by Gasteiger charge is -2.23. The molecule has 5 aromatic rings. The number of carbonyl (C=O) groups is 3. The van der Waals surface area contributed by atoms with Crippen molar-refractivity contribution in [3.63, 3.8) is 0 Å². The molecule has 3 aromatic heterocycles. The maximum absolute atomic E-state index is 12.2. The van der Waals surface area contributed by atoms with Crippen LogP contribution < -0.4 is 5.73 Å². The maximum Gasteiger partial charge on any atom is 0.303 e. The normalized spacial score (nSPS) is 19.4. The molecule has 6 rings (SSSR count). The highest BCUT2D eigenvalue weighted by molar-refractivity contribution is 5.85. The first-order valence-corrected chi connectivity index (χ1v) is 14.0. The Labute approximate surface area is 256 Å². The molecule has 45 heavy (non-hydrogen) atoms. The SMILES string of the molecule is CC(=O)OC[C@H]1O[C@@H](n2cnc3c(-n4cnc(-c5ccccc5)c4-c4ccccc4)nc(N)nc32)[C@H](OC(C)=O)[C@@H]1OC(C)=O. The van der Waals surface area contributed by atoms with Crippen LogP contribution in [0.25, 0.3) is 39.5 Å². The molecule has 4 atom stereocenters. The van der Waals surface area contributed by atoms with Crippen LogP contribution in [0.2, 0.25) is 0 Å². The number of imidazole rings is 2. The summed E-state index contributed by atoms with van der Waals surface area (Å²) in [6, 6.07) is 19.5. The fraction of sp³-hybridized carbons (Fsp3) is 0.258. The Balaban J connectivity index is 1.49. The number of benzene rings is 2. The number of esters is 3. The van der Waals surface area contributed by atoms with E-state index in [2.05, 4.69) is 15.0 Å². The van der Waals surface area contributed by atoms with Crippen molar-refractivity contribution in [1.82, 2.24) is 29.1 Å². The minimum Gasteiger partial charge on any atom is -0.463 e. The van der Waals surface area contributed by atoms with E-state index in [9.17, 15) is 14.4 Å². The van der Waals surface area contributed by atoms with E-state index in [4.69, 9.17) is 29.7 Å². The molecule has 0 aliphatic carbocycles. The minimum atomic E-state index is -1.14. The molecule has 4 heterocycles. The number of fused-ring (bicyclic) bond motifs is 1. The van der Waals surface area contributed by atoms with Crippen LogP contribution in [0.5, 0.6) is 0 Å². The zero-order valence-corrected chi connectivity index (χ0v) is 24.6. The number of anilines is 1. The van der Waals surface area contributed by atoms with Gasteiger partial charge in [0.1, 0.15) is 19.0 Å². The summed E-state index contributed by atoms with van der Waals surface area (Å²) in [7, 11) is 0. The molecule has 14 nitrogen and oxygen atoms in total. The summed E-state index contributed by atoms with van der Waals surface area (Å²) in [5, 5.41) is 0. The summed E-state index contributed by atoms with van der Waals surface area (Å²) in [5.41, 5.74) is 10.1. The van der Waals surface area contributed by atoms with E-state index in [1.165, 1.54) is 31.7 Å². The van der Waals surface area contributed by atoms with Crippen LogP contribution in [0.15, 0.2) is 73.3 Å². The third kappa shape index (κ3) is 5.82. The van der Waals surface area contributed by atoms with Gasteiger partial charge in [0.25, 0.3) is 0 Å². The second-order valence-electron chi connectivity index (χ2n) is 10.3. The first kappa shape index (κ1) is 29.4.